The van der Waals surface area contributed by atoms with Crippen molar-refractivity contribution in [2.24, 2.45) is 0 Å². The summed E-state index contributed by atoms with van der Waals surface area (Å²) in [4.78, 5) is 0. The minimum Gasteiger partial charge on any atom is -0.508 e. The van der Waals surface area contributed by atoms with Crippen LogP contribution in [-0.4, -0.2) is 5.11 Å². The molecule has 0 fully saturated rings. The van der Waals surface area contributed by atoms with Gasteiger partial charge in [0.25, 0.3) is 0 Å². The zero-order chi connectivity index (χ0) is 14.3. The third-order valence-electron chi connectivity index (χ3n) is 2.61. The van der Waals surface area contributed by atoms with Crippen molar-refractivity contribution < 1.29 is 5.11 Å². The Hall–Kier alpha value is -2.53. The number of phenols is 1. The predicted molar refractivity (Wildman–Crippen MR) is 78.7 cm³/mol. The molecule has 0 spiro atoms. The quantitative estimate of drug-likeness (QED) is 0.635. The van der Waals surface area contributed by atoms with E-state index in [2.05, 4.69) is 13.2 Å². The lowest BCUT2D eigenvalue weighted by Gasteiger charge is -2.02. The van der Waals surface area contributed by atoms with Crippen molar-refractivity contribution in [3.05, 3.63) is 77.9 Å². The molecule has 1 aromatic carbocycles. The molecular weight excluding hydrogens is 234 g/mol. The smallest absolute Gasteiger partial charge is 0.119 e. The van der Waals surface area contributed by atoms with Crippen molar-refractivity contribution in [2.75, 3.05) is 0 Å². The third kappa shape index (κ3) is 4.69. The summed E-state index contributed by atoms with van der Waals surface area (Å²) in [5, 5.41) is 18.4. The lowest BCUT2D eigenvalue weighted by Crippen LogP contribution is -1.84. The van der Waals surface area contributed by atoms with Gasteiger partial charge in [0.1, 0.15) is 5.75 Å². The highest BCUT2D eigenvalue weighted by Gasteiger charge is 1.98. The van der Waals surface area contributed by atoms with Crippen molar-refractivity contribution in [1.29, 1.82) is 5.26 Å². The molecule has 0 heterocycles. The number of phenolic OH excluding ortho intramolecular Hbond substituents is 1. The van der Waals surface area contributed by atoms with Crippen molar-refractivity contribution >= 4 is 0 Å². The van der Waals surface area contributed by atoms with Gasteiger partial charge in [-0.3, -0.25) is 0 Å². The molecule has 0 aliphatic rings. The number of aromatic hydroxyl groups is 1. The fraction of sp³-hybridized carbons (Fsp3) is 0.118. The Balaban J connectivity index is 2.77. The van der Waals surface area contributed by atoms with Crippen LogP contribution in [-0.2, 0) is 6.42 Å². The van der Waals surface area contributed by atoms with E-state index >= 15 is 0 Å². The van der Waals surface area contributed by atoms with Gasteiger partial charge in [-0.15, -0.1) is 0 Å². The minimum absolute atomic E-state index is 0.301. The Labute approximate surface area is 114 Å². The van der Waals surface area contributed by atoms with Crippen LogP contribution in [0.1, 0.15) is 11.1 Å². The van der Waals surface area contributed by atoms with E-state index in [0.29, 0.717) is 17.7 Å². The topological polar surface area (TPSA) is 44.0 Å². The van der Waals surface area contributed by atoms with Gasteiger partial charge in [0, 0.05) is 5.57 Å². The first-order valence-corrected chi connectivity index (χ1v) is 5.95. The third-order valence-corrected chi connectivity index (χ3v) is 2.61. The molecule has 0 aliphatic carbocycles. The average Bonchev–Trinajstić information content (AvgIpc) is 2.39. The number of allylic oxidation sites excluding steroid dienone is 6. The molecule has 0 amide bonds. The Morgan fingerprint density at radius 2 is 2.21 bits per heavy atom. The molecule has 19 heavy (non-hydrogen) atoms. The normalized spacial score (nSPS) is 11.3. The number of hydrogen-bond donors (Lipinski definition) is 1. The van der Waals surface area contributed by atoms with E-state index in [1.54, 1.807) is 18.2 Å². The van der Waals surface area contributed by atoms with Crippen molar-refractivity contribution in [3.63, 3.8) is 0 Å². The molecule has 0 radical (unpaired) electrons. The maximum absolute atomic E-state index is 9.77. The van der Waals surface area contributed by atoms with E-state index in [9.17, 15) is 5.11 Å². The number of nitrogens with zero attached hydrogens (tertiary/aromatic N) is 1. The van der Waals surface area contributed by atoms with Crippen molar-refractivity contribution in [1.82, 2.24) is 0 Å². The standard InChI is InChI=1S/C17H17NO/c1-4-15(10-14(3)12-18)6-5-7-16-9-8-13(2)11-17(16)19/h4-6,8-11,19H,1,3,7H2,2H3/b6-5+,15-10+. The summed E-state index contributed by atoms with van der Waals surface area (Å²) in [6, 6.07) is 7.57. The average molecular weight is 251 g/mol. The first-order chi connectivity index (χ1) is 9.06. The number of benzene rings is 1. The van der Waals surface area contributed by atoms with Crippen molar-refractivity contribution in [2.45, 2.75) is 13.3 Å². The van der Waals surface area contributed by atoms with E-state index in [-0.39, 0.29) is 0 Å². The van der Waals surface area contributed by atoms with E-state index in [1.165, 1.54) is 0 Å². The molecular formula is C17H17NO. The van der Waals surface area contributed by atoms with Crippen LogP contribution in [0.15, 0.2) is 66.8 Å². The number of aryl methyl sites for hydroxylation is 1. The highest BCUT2D eigenvalue weighted by molar-refractivity contribution is 5.42. The lowest BCUT2D eigenvalue weighted by molar-refractivity contribution is 0.469. The fourth-order valence-corrected chi connectivity index (χ4v) is 1.58. The zero-order valence-corrected chi connectivity index (χ0v) is 11.1. The van der Waals surface area contributed by atoms with E-state index < -0.39 is 0 Å². The van der Waals surface area contributed by atoms with Gasteiger partial charge < -0.3 is 5.11 Å². The van der Waals surface area contributed by atoms with Crippen LogP contribution >= 0.6 is 0 Å². The van der Waals surface area contributed by atoms with Crippen LogP contribution in [0.4, 0.5) is 0 Å². The maximum atomic E-state index is 9.77. The van der Waals surface area contributed by atoms with E-state index in [4.69, 9.17) is 5.26 Å². The predicted octanol–water partition coefficient (Wildman–Crippen LogP) is 3.99. The second-order valence-electron chi connectivity index (χ2n) is 4.22. The van der Waals surface area contributed by atoms with Crippen LogP contribution in [0.3, 0.4) is 0 Å². The Morgan fingerprint density at radius 3 is 2.79 bits per heavy atom. The minimum atomic E-state index is 0.301. The molecule has 0 atom stereocenters. The van der Waals surface area contributed by atoms with Gasteiger partial charge in [-0.05, 0) is 42.2 Å². The molecule has 1 rings (SSSR count). The summed E-state index contributed by atoms with van der Waals surface area (Å²) < 4.78 is 0. The number of nitriles is 1. The number of hydrogen-bond acceptors (Lipinski definition) is 2. The summed E-state index contributed by atoms with van der Waals surface area (Å²) in [5.41, 5.74) is 3.10. The molecule has 1 N–H and O–H groups in total. The van der Waals surface area contributed by atoms with Crippen molar-refractivity contribution in [3.8, 4) is 11.8 Å². The monoisotopic (exact) mass is 251 g/mol. The number of rotatable bonds is 5. The highest BCUT2D eigenvalue weighted by Crippen LogP contribution is 2.19. The highest BCUT2D eigenvalue weighted by atomic mass is 16.3. The maximum Gasteiger partial charge on any atom is 0.119 e. The molecule has 0 aromatic heterocycles. The van der Waals surface area contributed by atoms with Gasteiger partial charge in [0.2, 0.25) is 0 Å². The van der Waals surface area contributed by atoms with Gasteiger partial charge in [-0.1, -0.05) is 43.5 Å². The Bertz CT molecular complexity index is 586. The van der Waals surface area contributed by atoms with Gasteiger partial charge in [0.05, 0.1) is 6.07 Å². The summed E-state index contributed by atoms with van der Waals surface area (Å²) in [7, 11) is 0. The molecule has 2 heteroatoms. The molecule has 0 unspecified atom stereocenters. The summed E-state index contributed by atoms with van der Waals surface area (Å²) in [6.45, 7) is 9.21. The molecule has 1 aromatic rings. The van der Waals surface area contributed by atoms with Crippen LogP contribution in [0.5, 0.6) is 5.75 Å². The first-order valence-electron chi connectivity index (χ1n) is 5.95. The van der Waals surface area contributed by atoms with Gasteiger partial charge in [-0.2, -0.15) is 5.26 Å². The molecule has 2 nitrogen and oxygen atoms in total. The van der Waals surface area contributed by atoms with Crippen LogP contribution in [0.25, 0.3) is 0 Å². The van der Waals surface area contributed by atoms with E-state index in [0.717, 1.165) is 16.7 Å². The second-order valence-corrected chi connectivity index (χ2v) is 4.22. The molecule has 0 bridgehead atoms. The summed E-state index contributed by atoms with van der Waals surface area (Å²) in [5.74, 6) is 0.301. The fourth-order valence-electron chi connectivity index (χ4n) is 1.58. The van der Waals surface area contributed by atoms with Crippen LogP contribution < -0.4 is 0 Å². The van der Waals surface area contributed by atoms with Gasteiger partial charge in [0.15, 0.2) is 0 Å². The van der Waals surface area contributed by atoms with Crippen LogP contribution in [0.2, 0.25) is 0 Å². The Morgan fingerprint density at radius 1 is 1.47 bits per heavy atom. The zero-order valence-electron chi connectivity index (χ0n) is 11.1. The van der Waals surface area contributed by atoms with Crippen LogP contribution in [0, 0.1) is 18.3 Å². The Kier molecular flexibility index (Phi) is 5.37. The van der Waals surface area contributed by atoms with Gasteiger partial charge >= 0.3 is 0 Å². The second kappa shape index (κ2) is 7.03. The SMILES string of the molecule is C=CC(/C=C/Cc1ccc(C)cc1O)=C\C(=C)C#N. The first kappa shape index (κ1) is 14.5. The summed E-state index contributed by atoms with van der Waals surface area (Å²) >= 11 is 0. The van der Waals surface area contributed by atoms with E-state index in [1.807, 2.05) is 37.3 Å². The molecule has 0 aliphatic heterocycles. The molecule has 0 saturated heterocycles. The molecule has 0 saturated carbocycles. The molecule has 96 valence electrons. The lowest BCUT2D eigenvalue weighted by atomic mass is 10.1. The van der Waals surface area contributed by atoms with Gasteiger partial charge in [-0.25, -0.2) is 0 Å². The largest absolute Gasteiger partial charge is 0.508 e. The summed E-state index contributed by atoms with van der Waals surface area (Å²) in [6.07, 6.45) is 7.72.